The maximum absolute atomic E-state index is 2.21. The lowest BCUT2D eigenvalue weighted by molar-refractivity contribution is 1.11. The molecule has 0 aliphatic heterocycles. The SMILES string of the molecule is F.c1ccc([S+](c2ccccc2)c2ccccc2)cc1. The fourth-order valence-electron chi connectivity index (χ4n) is 2.08. The molecular formula is C18H16FS+. The second-order valence-electron chi connectivity index (χ2n) is 4.25. The zero-order valence-corrected chi connectivity index (χ0v) is 11.8. The summed E-state index contributed by atoms with van der Waals surface area (Å²) >= 11 is 0. The molecule has 0 saturated heterocycles. The molecule has 3 rings (SSSR count). The summed E-state index contributed by atoms with van der Waals surface area (Å²) in [6.45, 7) is 0. The number of hydrogen-bond donors (Lipinski definition) is 0. The maximum atomic E-state index is 2.21. The summed E-state index contributed by atoms with van der Waals surface area (Å²) in [7, 11) is -0.0146. The van der Waals surface area contributed by atoms with E-state index in [1.807, 2.05) is 0 Å². The average Bonchev–Trinajstić information content (AvgIpc) is 2.51. The summed E-state index contributed by atoms with van der Waals surface area (Å²) in [5.41, 5.74) is 0. The fourth-order valence-corrected chi connectivity index (χ4v) is 4.18. The third-order valence-corrected chi connectivity index (χ3v) is 5.17. The Bertz CT molecular complexity index is 529. The molecule has 0 saturated carbocycles. The third kappa shape index (κ3) is 3.09. The predicted octanol–water partition coefficient (Wildman–Crippen LogP) is 4.93. The minimum atomic E-state index is -0.0146. The van der Waals surface area contributed by atoms with Gasteiger partial charge in [-0.15, -0.1) is 0 Å². The van der Waals surface area contributed by atoms with Crippen molar-refractivity contribution in [1.29, 1.82) is 0 Å². The number of benzene rings is 3. The molecule has 3 aromatic rings. The van der Waals surface area contributed by atoms with Crippen LogP contribution in [0.15, 0.2) is 106 Å². The Hall–Kier alpha value is -2.06. The Morgan fingerprint density at radius 2 is 0.650 bits per heavy atom. The summed E-state index contributed by atoms with van der Waals surface area (Å²) in [6, 6.07) is 32.2. The summed E-state index contributed by atoms with van der Waals surface area (Å²) < 4.78 is 0. The van der Waals surface area contributed by atoms with Gasteiger partial charge in [-0.2, -0.15) is 0 Å². The van der Waals surface area contributed by atoms with Gasteiger partial charge in [0, 0.05) is 0 Å². The zero-order valence-electron chi connectivity index (χ0n) is 11.0. The number of hydrogen-bond acceptors (Lipinski definition) is 0. The highest BCUT2D eigenvalue weighted by Gasteiger charge is 2.27. The van der Waals surface area contributed by atoms with E-state index < -0.39 is 0 Å². The van der Waals surface area contributed by atoms with E-state index in [1.54, 1.807) is 0 Å². The van der Waals surface area contributed by atoms with Crippen LogP contribution in [-0.2, 0) is 10.9 Å². The maximum Gasteiger partial charge on any atom is 0.166 e. The van der Waals surface area contributed by atoms with Gasteiger partial charge in [0.25, 0.3) is 0 Å². The van der Waals surface area contributed by atoms with Crippen molar-refractivity contribution in [2.45, 2.75) is 14.7 Å². The first-order valence-corrected chi connectivity index (χ1v) is 7.57. The van der Waals surface area contributed by atoms with Crippen molar-refractivity contribution in [3.05, 3.63) is 91.0 Å². The van der Waals surface area contributed by atoms with Gasteiger partial charge in [0.15, 0.2) is 14.7 Å². The quantitative estimate of drug-likeness (QED) is 0.598. The first kappa shape index (κ1) is 14.4. The van der Waals surface area contributed by atoms with Crippen LogP contribution in [0, 0.1) is 0 Å². The summed E-state index contributed by atoms with van der Waals surface area (Å²) in [5.74, 6) is 0. The Balaban J connectivity index is 0.00000147. The Labute approximate surface area is 121 Å². The van der Waals surface area contributed by atoms with Crippen LogP contribution in [0.25, 0.3) is 0 Å². The van der Waals surface area contributed by atoms with Gasteiger partial charge in [-0.3, -0.25) is 4.70 Å². The molecule has 0 amide bonds. The number of rotatable bonds is 3. The van der Waals surface area contributed by atoms with Gasteiger partial charge < -0.3 is 0 Å². The molecule has 0 aromatic heterocycles. The van der Waals surface area contributed by atoms with Crippen molar-refractivity contribution >= 4 is 10.9 Å². The molecule has 2 heteroatoms. The molecule has 0 atom stereocenters. The molecule has 100 valence electrons. The van der Waals surface area contributed by atoms with E-state index in [-0.39, 0.29) is 15.6 Å². The summed E-state index contributed by atoms with van der Waals surface area (Å²) in [5, 5.41) is 0. The van der Waals surface area contributed by atoms with Crippen LogP contribution in [0.2, 0.25) is 0 Å². The van der Waals surface area contributed by atoms with Crippen LogP contribution < -0.4 is 0 Å². The molecule has 0 spiro atoms. The van der Waals surface area contributed by atoms with Crippen molar-refractivity contribution in [2.75, 3.05) is 0 Å². The van der Waals surface area contributed by atoms with Gasteiger partial charge in [0.2, 0.25) is 0 Å². The molecule has 0 N–H and O–H groups in total. The lowest BCUT2D eigenvalue weighted by Crippen LogP contribution is -2.04. The second kappa shape index (κ2) is 6.92. The molecule has 0 nitrogen and oxygen atoms in total. The van der Waals surface area contributed by atoms with Gasteiger partial charge in [-0.05, 0) is 36.4 Å². The van der Waals surface area contributed by atoms with Crippen LogP contribution in [-0.4, -0.2) is 0 Å². The molecule has 0 aliphatic carbocycles. The molecule has 0 heterocycles. The van der Waals surface area contributed by atoms with E-state index >= 15 is 0 Å². The van der Waals surface area contributed by atoms with E-state index in [9.17, 15) is 0 Å². The minimum Gasteiger partial charge on any atom is -0.269 e. The van der Waals surface area contributed by atoms with Crippen LogP contribution in [0.5, 0.6) is 0 Å². The highest BCUT2D eigenvalue weighted by molar-refractivity contribution is 7.97. The second-order valence-corrected chi connectivity index (χ2v) is 6.27. The van der Waals surface area contributed by atoms with Crippen LogP contribution in [0.1, 0.15) is 0 Å². The Morgan fingerprint density at radius 3 is 0.900 bits per heavy atom. The van der Waals surface area contributed by atoms with Crippen molar-refractivity contribution in [3.63, 3.8) is 0 Å². The Kier molecular flexibility index (Phi) is 4.97. The molecule has 3 aromatic carbocycles. The van der Waals surface area contributed by atoms with Gasteiger partial charge in [-0.25, -0.2) is 0 Å². The highest BCUT2D eigenvalue weighted by atomic mass is 32.2. The first-order valence-electron chi connectivity index (χ1n) is 6.34. The lowest BCUT2D eigenvalue weighted by atomic mass is 10.4. The van der Waals surface area contributed by atoms with Crippen molar-refractivity contribution < 1.29 is 4.70 Å². The van der Waals surface area contributed by atoms with Crippen LogP contribution >= 0.6 is 0 Å². The number of halogens is 1. The smallest absolute Gasteiger partial charge is 0.166 e. The van der Waals surface area contributed by atoms with Gasteiger partial charge >= 0.3 is 0 Å². The van der Waals surface area contributed by atoms with E-state index in [0.29, 0.717) is 0 Å². The van der Waals surface area contributed by atoms with Crippen molar-refractivity contribution in [2.24, 2.45) is 0 Å². The third-order valence-electron chi connectivity index (χ3n) is 2.94. The van der Waals surface area contributed by atoms with Crippen molar-refractivity contribution in [1.82, 2.24) is 0 Å². The predicted molar refractivity (Wildman–Crippen MR) is 84.0 cm³/mol. The summed E-state index contributed by atoms with van der Waals surface area (Å²) in [6.07, 6.45) is 0. The molecule has 0 fully saturated rings. The minimum absolute atomic E-state index is 0. The van der Waals surface area contributed by atoms with Gasteiger partial charge in [0.05, 0.1) is 10.9 Å². The standard InChI is InChI=1S/C18H15S.FH/c1-4-10-16(11-5-1)19(17-12-6-2-7-13-17)18-14-8-3-9-15-18;/h1-15H;1H/q+1;. The normalized spacial score (nSPS) is 10.1. The first-order chi connectivity index (χ1) is 9.45. The van der Waals surface area contributed by atoms with E-state index in [1.165, 1.54) is 14.7 Å². The molecule has 20 heavy (non-hydrogen) atoms. The lowest BCUT2D eigenvalue weighted by Gasteiger charge is -2.07. The molecule has 0 unspecified atom stereocenters. The average molecular weight is 283 g/mol. The molecule has 0 bridgehead atoms. The summed E-state index contributed by atoms with van der Waals surface area (Å²) in [4.78, 5) is 4.08. The van der Waals surface area contributed by atoms with Gasteiger partial charge in [-0.1, -0.05) is 54.6 Å². The molecule has 0 radical (unpaired) electrons. The van der Waals surface area contributed by atoms with Gasteiger partial charge in [0.1, 0.15) is 0 Å². The molecule has 0 aliphatic rings. The zero-order chi connectivity index (χ0) is 12.9. The topological polar surface area (TPSA) is 0 Å². The van der Waals surface area contributed by atoms with Crippen molar-refractivity contribution in [3.8, 4) is 0 Å². The van der Waals surface area contributed by atoms with E-state index in [2.05, 4.69) is 91.0 Å². The van der Waals surface area contributed by atoms with E-state index in [4.69, 9.17) is 0 Å². The highest BCUT2D eigenvalue weighted by Crippen LogP contribution is 2.30. The largest absolute Gasteiger partial charge is 0.269 e. The Morgan fingerprint density at radius 1 is 0.400 bits per heavy atom. The van der Waals surface area contributed by atoms with Crippen LogP contribution in [0.4, 0.5) is 4.70 Å². The fraction of sp³-hybridized carbons (Fsp3) is 0. The van der Waals surface area contributed by atoms with Crippen LogP contribution in [0.3, 0.4) is 0 Å². The van der Waals surface area contributed by atoms with E-state index in [0.717, 1.165) is 0 Å². The monoisotopic (exact) mass is 283 g/mol. The molecular weight excluding hydrogens is 267 g/mol.